The van der Waals surface area contributed by atoms with Gasteiger partial charge in [-0.3, -0.25) is 19.2 Å². The first-order valence-corrected chi connectivity index (χ1v) is 15.1. The van der Waals surface area contributed by atoms with Crippen molar-refractivity contribution in [3.05, 3.63) is 11.6 Å². The molecule has 2 N–H and O–H groups in total. The van der Waals surface area contributed by atoms with Gasteiger partial charge in [0.1, 0.15) is 11.6 Å². The Labute approximate surface area is 240 Å². The number of carbonyl (C=O) groups excluding carboxylic acids is 5. The van der Waals surface area contributed by atoms with E-state index in [2.05, 4.69) is 6.92 Å². The number of allylic oxidation sites excluding steroid dienone is 1. The first-order chi connectivity index (χ1) is 19.4. The lowest BCUT2D eigenvalue weighted by Gasteiger charge is -2.60. The molecular weight excluding hydrogens is 530 g/mol. The maximum atomic E-state index is 13.4. The van der Waals surface area contributed by atoms with E-state index in [0.29, 0.717) is 38.6 Å². The van der Waals surface area contributed by atoms with Crippen LogP contribution < -0.4 is 0 Å². The van der Waals surface area contributed by atoms with E-state index in [1.54, 1.807) is 6.08 Å². The van der Waals surface area contributed by atoms with Gasteiger partial charge in [0, 0.05) is 24.8 Å². The molecular formula is C31H43NO9. The predicted octanol–water partition coefficient (Wildman–Crippen LogP) is 2.28. The molecule has 8 atom stereocenters. The highest BCUT2D eigenvalue weighted by atomic mass is 16.5. The van der Waals surface area contributed by atoms with Crippen molar-refractivity contribution in [2.24, 2.45) is 28.6 Å². The number of aliphatic hydroxyl groups is 2. The van der Waals surface area contributed by atoms with E-state index in [0.717, 1.165) is 18.4 Å². The molecule has 1 aliphatic heterocycles. The highest BCUT2D eigenvalue weighted by Crippen LogP contribution is 2.67. The number of carbonyl (C=O) groups is 5. The number of amides is 1. The molecule has 4 aliphatic carbocycles. The van der Waals surface area contributed by atoms with Gasteiger partial charge in [0.05, 0.1) is 19.6 Å². The van der Waals surface area contributed by atoms with Gasteiger partial charge >= 0.3 is 11.9 Å². The number of rotatable bonds is 7. The van der Waals surface area contributed by atoms with Crippen LogP contribution in [-0.2, 0) is 33.4 Å². The third-order valence-electron chi connectivity index (χ3n) is 11.5. The van der Waals surface area contributed by atoms with E-state index in [1.165, 1.54) is 12.0 Å². The van der Waals surface area contributed by atoms with Gasteiger partial charge < -0.3 is 24.6 Å². The van der Waals surface area contributed by atoms with E-state index in [1.807, 2.05) is 6.92 Å². The van der Waals surface area contributed by atoms with Crippen LogP contribution in [0.3, 0.4) is 0 Å². The van der Waals surface area contributed by atoms with Gasteiger partial charge in [-0.15, -0.1) is 0 Å². The van der Waals surface area contributed by atoms with Gasteiger partial charge in [-0.25, -0.2) is 4.79 Å². The van der Waals surface area contributed by atoms with Crippen LogP contribution in [0.2, 0.25) is 0 Å². The number of aliphatic hydroxyl groups excluding tert-OH is 1. The molecule has 1 amide bonds. The second-order valence-corrected chi connectivity index (χ2v) is 13.3. The molecule has 5 aliphatic rings. The maximum Gasteiger partial charge on any atom is 0.328 e. The summed E-state index contributed by atoms with van der Waals surface area (Å²) < 4.78 is 9.99. The largest absolute Gasteiger partial charge is 0.467 e. The van der Waals surface area contributed by atoms with Gasteiger partial charge in [-0.05, 0) is 80.6 Å². The monoisotopic (exact) mass is 573 g/mol. The van der Waals surface area contributed by atoms with Crippen molar-refractivity contribution in [2.45, 2.75) is 102 Å². The first-order valence-electron chi connectivity index (χ1n) is 15.1. The van der Waals surface area contributed by atoms with Crippen LogP contribution in [0.5, 0.6) is 0 Å². The summed E-state index contributed by atoms with van der Waals surface area (Å²) in [5.41, 5.74) is -1.74. The third-order valence-corrected chi connectivity index (χ3v) is 11.5. The number of hydrogen-bond acceptors (Lipinski definition) is 9. The zero-order valence-corrected chi connectivity index (χ0v) is 24.4. The third kappa shape index (κ3) is 4.84. The Hall–Kier alpha value is -2.59. The fourth-order valence-corrected chi connectivity index (χ4v) is 9.29. The Kier molecular flexibility index (Phi) is 7.96. The zero-order chi connectivity index (χ0) is 29.7. The van der Waals surface area contributed by atoms with Gasteiger partial charge in [0.25, 0.3) is 0 Å². The molecule has 0 aromatic rings. The lowest BCUT2D eigenvalue weighted by atomic mass is 9.45. The topological polar surface area (TPSA) is 148 Å². The predicted molar refractivity (Wildman–Crippen MR) is 145 cm³/mol. The minimum atomic E-state index is -1.73. The molecule has 5 rings (SSSR count). The summed E-state index contributed by atoms with van der Waals surface area (Å²) in [5.74, 6) is -1.87. The summed E-state index contributed by atoms with van der Waals surface area (Å²) in [5, 5.41) is 23.3. The molecule has 0 aromatic heterocycles. The molecule has 0 aromatic carbocycles. The summed E-state index contributed by atoms with van der Waals surface area (Å²) in [4.78, 5) is 64.0. The molecule has 1 saturated heterocycles. The Balaban J connectivity index is 1.20. The molecule has 41 heavy (non-hydrogen) atoms. The fraction of sp³-hybridized carbons (Fsp3) is 0.774. The molecule has 0 bridgehead atoms. The van der Waals surface area contributed by atoms with Gasteiger partial charge in [-0.1, -0.05) is 19.4 Å². The number of esters is 2. The van der Waals surface area contributed by atoms with E-state index in [-0.39, 0.29) is 60.5 Å². The lowest BCUT2D eigenvalue weighted by Crippen LogP contribution is -2.62. The molecule has 0 radical (unpaired) electrons. The number of nitrogens with zero attached hydrogens (tertiary/aromatic N) is 1. The summed E-state index contributed by atoms with van der Waals surface area (Å²) >= 11 is 0. The van der Waals surface area contributed by atoms with Crippen LogP contribution in [0.15, 0.2) is 11.6 Å². The lowest BCUT2D eigenvalue weighted by molar-refractivity contribution is -0.184. The second kappa shape index (κ2) is 10.9. The minimum Gasteiger partial charge on any atom is -0.467 e. The Bertz CT molecular complexity index is 1160. The first kappa shape index (κ1) is 29.9. The Morgan fingerprint density at radius 2 is 1.83 bits per heavy atom. The molecule has 0 unspecified atom stereocenters. The van der Waals surface area contributed by atoms with Crippen molar-refractivity contribution in [3.8, 4) is 0 Å². The van der Waals surface area contributed by atoms with E-state index >= 15 is 0 Å². The number of fused-ring (bicyclic) bond motifs is 5. The van der Waals surface area contributed by atoms with Crippen LogP contribution in [0.1, 0.15) is 84.5 Å². The highest BCUT2D eigenvalue weighted by molar-refractivity contribution is 5.92. The molecule has 226 valence electrons. The molecule has 3 saturated carbocycles. The summed E-state index contributed by atoms with van der Waals surface area (Å²) in [7, 11) is 1.27. The maximum absolute atomic E-state index is 13.4. The van der Waals surface area contributed by atoms with Crippen LogP contribution in [-0.4, -0.2) is 82.5 Å². The number of Topliss-reactive ketones (excluding diaryl/α,β-unsaturated/α-hetero) is 1. The van der Waals surface area contributed by atoms with Crippen molar-refractivity contribution < 1.29 is 43.7 Å². The van der Waals surface area contributed by atoms with Crippen molar-refractivity contribution >= 4 is 29.4 Å². The molecule has 10 nitrogen and oxygen atoms in total. The number of ether oxygens (including phenoxy) is 2. The van der Waals surface area contributed by atoms with Crippen LogP contribution in [0, 0.1) is 28.6 Å². The van der Waals surface area contributed by atoms with Gasteiger partial charge in [-0.2, -0.15) is 0 Å². The normalized spacial score (nSPS) is 39.7. The number of hydrogen-bond donors (Lipinski definition) is 2. The van der Waals surface area contributed by atoms with Crippen molar-refractivity contribution in [1.29, 1.82) is 0 Å². The van der Waals surface area contributed by atoms with E-state index < -0.39 is 47.5 Å². The molecule has 0 spiro atoms. The zero-order valence-electron chi connectivity index (χ0n) is 24.4. The molecule has 10 heteroatoms. The minimum absolute atomic E-state index is 0.0254. The summed E-state index contributed by atoms with van der Waals surface area (Å²) in [6, 6.07) is -0.643. The van der Waals surface area contributed by atoms with Gasteiger partial charge in [0.2, 0.25) is 11.7 Å². The van der Waals surface area contributed by atoms with E-state index in [9.17, 15) is 34.2 Å². The Morgan fingerprint density at radius 3 is 2.56 bits per heavy atom. The number of methoxy groups -OCH3 is 1. The number of ketones is 2. The van der Waals surface area contributed by atoms with Crippen molar-refractivity contribution in [3.63, 3.8) is 0 Å². The summed E-state index contributed by atoms with van der Waals surface area (Å²) in [6.07, 6.45) is 5.75. The average molecular weight is 574 g/mol. The highest BCUT2D eigenvalue weighted by Gasteiger charge is 2.68. The van der Waals surface area contributed by atoms with Crippen molar-refractivity contribution in [1.82, 2.24) is 4.90 Å². The quantitative estimate of drug-likeness (QED) is 0.438. The summed E-state index contributed by atoms with van der Waals surface area (Å²) in [6.45, 7) is 3.86. The molecule has 4 fully saturated rings. The molecule has 1 heterocycles. The van der Waals surface area contributed by atoms with Crippen LogP contribution in [0.4, 0.5) is 0 Å². The van der Waals surface area contributed by atoms with Gasteiger partial charge in [0.15, 0.2) is 12.4 Å². The van der Waals surface area contributed by atoms with Crippen LogP contribution in [0.25, 0.3) is 0 Å². The SMILES string of the molecule is COC(=O)[C@@H]1CCCN1C(=O)CCC(=O)OCC(=O)[C@@]1(O)CC[C@@H]2[C@@H]3CCC4=CC(=O)CC[C@]4(C)[C@@H]3[C@@H](O)C[C@@]21C. The van der Waals surface area contributed by atoms with E-state index in [4.69, 9.17) is 9.47 Å². The number of likely N-dealkylation sites (tertiary alicyclic amines) is 1. The average Bonchev–Trinajstić information content (AvgIpc) is 3.53. The Morgan fingerprint density at radius 1 is 1.07 bits per heavy atom. The second-order valence-electron chi connectivity index (χ2n) is 13.3. The fourth-order valence-electron chi connectivity index (χ4n) is 9.29. The van der Waals surface area contributed by atoms with Crippen LogP contribution >= 0.6 is 0 Å². The standard InChI is InChI=1S/C31H43NO9/c1-29-12-10-19(33)15-18(29)6-7-20-21-11-13-31(39,30(21,2)16-23(34)27(20)29)24(35)17-41-26(37)9-8-25(36)32-14-4-5-22(32)28(38)40-3/h15,20-23,27,34,39H,4-14,16-17H2,1-3H3/t20-,21+,22-,23-,27-,29-,30-,31-/m0/s1. The smallest absolute Gasteiger partial charge is 0.328 e. The van der Waals surface area contributed by atoms with Crippen molar-refractivity contribution in [2.75, 3.05) is 20.3 Å².